The molecule has 0 heterocycles. The highest BCUT2D eigenvalue weighted by Gasteiger charge is 2.28. The fourth-order valence-corrected chi connectivity index (χ4v) is 1.54. The maximum absolute atomic E-state index is 13.4. The van der Waals surface area contributed by atoms with E-state index in [0.717, 1.165) is 0 Å². The lowest BCUT2D eigenvalue weighted by atomic mass is 10.0. The van der Waals surface area contributed by atoms with Gasteiger partial charge in [0.25, 0.3) is 0 Å². The topological polar surface area (TPSA) is 32.3 Å². The lowest BCUT2D eigenvalue weighted by Gasteiger charge is -2.29. The van der Waals surface area contributed by atoms with Crippen LogP contribution in [0.2, 0.25) is 0 Å². The van der Waals surface area contributed by atoms with Crippen molar-refractivity contribution in [3.05, 3.63) is 35.6 Å². The summed E-state index contributed by atoms with van der Waals surface area (Å²) in [6.07, 6.45) is 0. The summed E-state index contributed by atoms with van der Waals surface area (Å²) in [5, 5.41) is 2.94. The van der Waals surface area contributed by atoms with Crippen molar-refractivity contribution in [3.8, 4) is 0 Å². The predicted octanol–water partition coefficient (Wildman–Crippen LogP) is 1.78. The number of likely N-dealkylation sites (N-methyl/N-ethyl adjacent to an activating group) is 2. The number of benzene rings is 1. The zero-order valence-electron chi connectivity index (χ0n) is 10.7. The number of halogens is 1. The summed E-state index contributed by atoms with van der Waals surface area (Å²) in [7, 11) is 3.41. The molecule has 0 spiro atoms. The first-order valence-corrected chi connectivity index (χ1v) is 5.56. The second-order valence-electron chi connectivity index (χ2n) is 4.63. The van der Waals surface area contributed by atoms with Gasteiger partial charge in [-0.2, -0.15) is 0 Å². The highest BCUT2D eigenvalue weighted by molar-refractivity contribution is 5.85. The van der Waals surface area contributed by atoms with Gasteiger partial charge in [-0.1, -0.05) is 18.2 Å². The minimum atomic E-state index is -0.639. The van der Waals surface area contributed by atoms with Gasteiger partial charge in [0.15, 0.2) is 0 Å². The Bertz CT molecular complexity index is 404. The van der Waals surface area contributed by atoms with Gasteiger partial charge in [0, 0.05) is 19.2 Å². The SMILES string of the molecule is CNC(C)(C)C(=O)N(C)Cc1ccccc1F. The number of nitrogens with zero attached hydrogens (tertiary/aromatic N) is 1. The quantitative estimate of drug-likeness (QED) is 0.867. The van der Waals surface area contributed by atoms with Crippen LogP contribution in [0.1, 0.15) is 19.4 Å². The van der Waals surface area contributed by atoms with Crippen LogP contribution in [0.4, 0.5) is 4.39 Å². The molecule has 1 N–H and O–H groups in total. The normalized spacial score (nSPS) is 11.4. The maximum Gasteiger partial charge on any atom is 0.242 e. The van der Waals surface area contributed by atoms with Crippen molar-refractivity contribution in [3.63, 3.8) is 0 Å². The molecule has 0 atom stereocenters. The largest absolute Gasteiger partial charge is 0.340 e. The van der Waals surface area contributed by atoms with Crippen molar-refractivity contribution in [1.29, 1.82) is 0 Å². The average molecular weight is 238 g/mol. The summed E-state index contributed by atoms with van der Waals surface area (Å²) >= 11 is 0. The molecule has 1 aromatic rings. The Morgan fingerprint density at radius 2 is 2.00 bits per heavy atom. The molecule has 4 heteroatoms. The van der Waals surface area contributed by atoms with E-state index in [4.69, 9.17) is 0 Å². The number of hydrogen-bond acceptors (Lipinski definition) is 2. The first kappa shape index (κ1) is 13.6. The van der Waals surface area contributed by atoms with Gasteiger partial charge in [0.2, 0.25) is 5.91 Å². The van der Waals surface area contributed by atoms with E-state index in [0.29, 0.717) is 5.56 Å². The van der Waals surface area contributed by atoms with E-state index < -0.39 is 5.54 Å². The summed E-state index contributed by atoms with van der Waals surface area (Å²) in [6, 6.07) is 6.49. The number of rotatable bonds is 4. The Labute approximate surface area is 102 Å². The van der Waals surface area contributed by atoms with Gasteiger partial charge >= 0.3 is 0 Å². The summed E-state index contributed by atoms with van der Waals surface area (Å²) in [5.41, 5.74) is -0.115. The van der Waals surface area contributed by atoms with E-state index in [9.17, 15) is 9.18 Å². The molecule has 0 aliphatic heterocycles. The lowest BCUT2D eigenvalue weighted by molar-refractivity contribution is -0.136. The zero-order chi connectivity index (χ0) is 13.1. The van der Waals surface area contributed by atoms with Crippen molar-refractivity contribution in [2.75, 3.05) is 14.1 Å². The first-order chi connectivity index (χ1) is 7.88. The second-order valence-corrected chi connectivity index (χ2v) is 4.63. The van der Waals surface area contributed by atoms with Gasteiger partial charge < -0.3 is 10.2 Å². The fourth-order valence-electron chi connectivity index (χ4n) is 1.54. The van der Waals surface area contributed by atoms with Gasteiger partial charge in [-0.15, -0.1) is 0 Å². The van der Waals surface area contributed by atoms with Gasteiger partial charge in [-0.25, -0.2) is 4.39 Å². The summed E-state index contributed by atoms with van der Waals surface area (Å²) in [6.45, 7) is 3.87. The molecule has 1 aromatic carbocycles. The first-order valence-electron chi connectivity index (χ1n) is 5.56. The smallest absolute Gasteiger partial charge is 0.242 e. The molecular formula is C13H19FN2O. The van der Waals surface area contributed by atoms with Crippen LogP contribution in [0.5, 0.6) is 0 Å². The third-order valence-corrected chi connectivity index (χ3v) is 2.87. The maximum atomic E-state index is 13.4. The molecule has 3 nitrogen and oxygen atoms in total. The average Bonchev–Trinajstić information content (AvgIpc) is 2.31. The Morgan fingerprint density at radius 3 is 2.53 bits per heavy atom. The molecule has 0 radical (unpaired) electrons. The van der Waals surface area contributed by atoms with Crippen LogP contribution < -0.4 is 5.32 Å². The Balaban J connectivity index is 2.77. The standard InChI is InChI=1S/C13H19FN2O/c1-13(2,15-3)12(17)16(4)9-10-7-5-6-8-11(10)14/h5-8,15H,9H2,1-4H3. The molecule has 0 aromatic heterocycles. The van der Waals surface area contributed by atoms with Crippen molar-refractivity contribution >= 4 is 5.91 Å². The molecule has 0 unspecified atom stereocenters. The van der Waals surface area contributed by atoms with Crippen LogP contribution in [-0.4, -0.2) is 30.4 Å². The van der Waals surface area contributed by atoms with Crippen LogP contribution in [0.15, 0.2) is 24.3 Å². The van der Waals surface area contributed by atoms with Crippen LogP contribution in [0.25, 0.3) is 0 Å². The molecule has 0 aliphatic carbocycles. The van der Waals surface area contributed by atoms with E-state index in [-0.39, 0.29) is 18.3 Å². The summed E-state index contributed by atoms with van der Waals surface area (Å²) < 4.78 is 13.4. The molecule has 0 aliphatic rings. The number of hydrogen-bond donors (Lipinski definition) is 1. The molecule has 94 valence electrons. The third kappa shape index (κ3) is 3.27. The van der Waals surface area contributed by atoms with Crippen molar-refractivity contribution in [2.45, 2.75) is 25.9 Å². The van der Waals surface area contributed by atoms with Crippen LogP contribution in [0.3, 0.4) is 0 Å². The van der Waals surface area contributed by atoms with Crippen molar-refractivity contribution in [1.82, 2.24) is 10.2 Å². The third-order valence-electron chi connectivity index (χ3n) is 2.87. The van der Waals surface area contributed by atoms with Crippen LogP contribution in [-0.2, 0) is 11.3 Å². The number of carbonyl (C=O) groups excluding carboxylic acids is 1. The highest BCUT2D eigenvalue weighted by atomic mass is 19.1. The minimum Gasteiger partial charge on any atom is -0.340 e. The zero-order valence-corrected chi connectivity index (χ0v) is 10.7. The molecule has 0 saturated carbocycles. The van der Waals surface area contributed by atoms with Gasteiger partial charge in [0.05, 0.1) is 5.54 Å². The van der Waals surface area contributed by atoms with Crippen molar-refractivity contribution < 1.29 is 9.18 Å². The van der Waals surface area contributed by atoms with E-state index in [1.165, 1.54) is 11.0 Å². The monoisotopic (exact) mass is 238 g/mol. The number of amides is 1. The molecule has 0 fully saturated rings. The number of nitrogens with one attached hydrogen (secondary N) is 1. The molecule has 1 rings (SSSR count). The predicted molar refractivity (Wildman–Crippen MR) is 66.0 cm³/mol. The molecular weight excluding hydrogens is 219 g/mol. The van der Waals surface area contributed by atoms with E-state index >= 15 is 0 Å². The van der Waals surface area contributed by atoms with E-state index in [1.54, 1.807) is 46.1 Å². The van der Waals surface area contributed by atoms with Crippen molar-refractivity contribution in [2.24, 2.45) is 0 Å². The Kier molecular flexibility index (Phi) is 4.23. The number of carbonyl (C=O) groups is 1. The molecule has 1 amide bonds. The minimum absolute atomic E-state index is 0.0664. The lowest BCUT2D eigenvalue weighted by Crippen LogP contribution is -2.51. The van der Waals surface area contributed by atoms with Crippen LogP contribution in [0, 0.1) is 5.82 Å². The van der Waals surface area contributed by atoms with Gasteiger partial charge in [-0.3, -0.25) is 4.79 Å². The molecule has 17 heavy (non-hydrogen) atoms. The highest BCUT2D eigenvalue weighted by Crippen LogP contribution is 2.12. The summed E-state index contributed by atoms with van der Waals surface area (Å²) in [5.74, 6) is -0.349. The molecule has 0 bridgehead atoms. The Hall–Kier alpha value is -1.42. The second kappa shape index (κ2) is 5.27. The van der Waals surface area contributed by atoms with Gasteiger partial charge in [-0.05, 0) is 27.0 Å². The van der Waals surface area contributed by atoms with E-state index in [2.05, 4.69) is 5.32 Å². The Morgan fingerprint density at radius 1 is 1.41 bits per heavy atom. The fraction of sp³-hybridized carbons (Fsp3) is 0.462. The summed E-state index contributed by atoms with van der Waals surface area (Å²) in [4.78, 5) is 13.6. The van der Waals surface area contributed by atoms with Crippen LogP contribution >= 0.6 is 0 Å². The van der Waals surface area contributed by atoms with E-state index in [1.807, 2.05) is 0 Å². The molecule has 0 saturated heterocycles. The van der Waals surface area contributed by atoms with Gasteiger partial charge in [0.1, 0.15) is 5.82 Å².